The third kappa shape index (κ3) is 17.6. The zero-order chi connectivity index (χ0) is 32.0. The molecule has 0 radical (unpaired) electrons. The number of rotatable bonds is 1. The van der Waals surface area contributed by atoms with Crippen LogP contribution in [0.5, 0.6) is 0 Å². The molecule has 0 aliphatic carbocycles. The summed E-state index contributed by atoms with van der Waals surface area (Å²) in [7, 11) is 0. The van der Waals surface area contributed by atoms with Crippen LogP contribution in [0.15, 0.2) is 59.7 Å². The van der Waals surface area contributed by atoms with Gasteiger partial charge >= 0.3 is 62.8 Å². The van der Waals surface area contributed by atoms with E-state index in [1.807, 2.05) is 6.92 Å². The first kappa shape index (κ1) is 45.0. The molecule has 2 heterocycles. The van der Waals surface area contributed by atoms with Gasteiger partial charge in [-0.2, -0.15) is 26.3 Å². The summed E-state index contributed by atoms with van der Waals surface area (Å²) >= 11 is 12.5. The molecule has 238 valence electrons. The number of aromatic amines is 1. The summed E-state index contributed by atoms with van der Waals surface area (Å²) < 4.78 is 76.2. The Kier molecular flexibility index (Phi) is 24.0. The molecule has 42 heavy (non-hydrogen) atoms. The molecule has 0 atom stereocenters. The van der Waals surface area contributed by atoms with Crippen molar-refractivity contribution < 1.29 is 39.6 Å². The number of halogens is 13. The van der Waals surface area contributed by atoms with Crippen molar-refractivity contribution >= 4 is 126 Å². The second-order valence-electron chi connectivity index (χ2n) is 7.66. The third-order valence-electron chi connectivity index (χ3n) is 4.68. The number of nitrogens with one attached hydrogen (secondary N) is 1. The predicted octanol–water partition coefficient (Wildman–Crippen LogP) is 8.02. The van der Waals surface area contributed by atoms with Crippen LogP contribution in [0.3, 0.4) is 0 Å². The molecule has 5 N–H and O–H groups in total. The first-order valence-corrected chi connectivity index (χ1v) is 30.2. The summed E-state index contributed by atoms with van der Waals surface area (Å²) in [6.07, 6.45) is -3.82. The quantitative estimate of drug-likeness (QED) is 0.102. The zero-order valence-corrected chi connectivity index (χ0v) is 36.3. The molecule has 19 heteroatoms. The minimum Gasteiger partial charge on any atom is -0.399 e. The third-order valence-corrected chi connectivity index (χ3v) is 5.14. The molecule has 0 aliphatic heterocycles. The molecular weight excluding hydrogens is 1320 g/mol. The van der Waals surface area contributed by atoms with E-state index in [1.54, 1.807) is 30.9 Å². The second kappa shape index (κ2) is 22.4. The Bertz CT molecular complexity index is 1300. The number of aryl methyl sites for hydroxylation is 2. The van der Waals surface area contributed by atoms with Gasteiger partial charge in [-0.25, -0.2) is 9.97 Å². The van der Waals surface area contributed by atoms with E-state index in [0.717, 1.165) is 41.3 Å². The van der Waals surface area contributed by atoms with Crippen LogP contribution < -0.4 is 24.7 Å². The van der Waals surface area contributed by atoms with E-state index < -0.39 is 23.5 Å². The number of nitrogens with two attached hydrogens (primary N) is 2. The normalized spacial score (nSPS) is 10.3. The van der Waals surface area contributed by atoms with E-state index in [1.165, 1.54) is 18.5 Å². The van der Waals surface area contributed by atoms with Crippen LogP contribution in [-0.2, 0) is 12.4 Å². The number of hydrogen-bond donors (Lipinski definition) is 3. The van der Waals surface area contributed by atoms with E-state index in [0.29, 0.717) is 23.4 Å². The molecule has 2 aromatic heterocycles. The average Bonchev–Trinajstić information content (AvgIpc) is 3.48. The zero-order valence-electron chi connectivity index (χ0n) is 21.6. The fourth-order valence-corrected chi connectivity index (χ4v) is 3.31. The van der Waals surface area contributed by atoms with E-state index in [-0.39, 0.29) is 35.4 Å². The van der Waals surface area contributed by atoms with Gasteiger partial charge in [0.1, 0.15) is 0 Å². The van der Waals surface area contributed by atoms with E-state index >= 15 is 0 Å². The summed E-state index contributed by atoms with van der Waals surface area (Å²) in [4.78, 5) is 10.7. The Labute approximate surface area is 318 Å². The Balaban J connectivity index is 0. The minimum absolute atomic E-state index is 0. The van der Waals surface area contributed by atoms with Crippen molar-refractivity contribution in [1.29, 1.82) is 0 Å². The molecule has 0 amide bonds. The van der Waals surface area contributed by atoms with Crippen molar-refractivity contribution in [2.24, 2.45) is 0 Å². The largest absolute Gasteiger partial charge is 0.416 e. The molecular formula is C23H24BrF6I6N6-. The number of imidazole rings is 2. The smallest absolute Gasteiger partial charge is 0.399 e. The van der Waals surface area contributed by atoms with Crippen molar-refractivity contribution in [2.45, 2.75) is 33.1 Å². The Hall–Kier alpha value is 0.900. The van der Waals surface area contributed by atoms with Crippen LogP contribution in [0.4, 0.5) is 37.7 Å². The van der Waals surface area contributed by atoms with Crippen molar-refractivity contribution in [1.82, 2.24) is 19.5 Å². The first-order valence-electron chi connectivity index (χ1n) is 10.6. The minimum atomic E-state index is -4.41. The summed E-state index contributed by atoms with van der Waals surface area (Å²) in [5, 5.41) is 0. The second-order valence-corrected chi connectivity index (χ2v) is 24.8. The standard InChI is InChI=1S/C12H12F3N3.C7H5BrF3N.C4H6N2.I3.I2.HI/c1-7-8(2)18(6-17-7)11-4-9(12(13,14)15)3-10(16)5-11;8-5-1-4(7(9,10)11)2-6(12)3-5;1-4-2-5-3-6-4;1-3-2;1-2;/h3-6H,16H2,1-2H3;1-3H,12H2;2-3H,1H3,(H,5,6);;;1H/q;;;-1;;. The van der Waals surface area contributed by atoms with Crippen LogP contribution >= 0.6 is 114 Å². The van der Waals surface area contributed by atoms with Crippen molar-refractivity contribution in [3.05, 3.63) is 87.9 Å². The van der Waals surface area contributed by atoms with Gasteiger partial charge in [0.15, 0.2) is 0 Å². The average molecular weight is 1340 g/mol. The van der Waals surface area contributed by atoms with Gasteiger partial charge in [-0.15, -0.1) is 24.0 Å². The molecule has 0 bridgehead atoms. The molecule has 0 saturated heterocycles. The number of alkyl halides is 6. The monoisotopic (exact) mass is 1340 g/mol. The fraction of sp³-hybridized carbons (Fsp3) is 0.217. The summed E-state index contributed by atoms with van der Waals surface area (Å²) in [6, 6.07) is 6.76. The van der Waals surface area contributed by atoms with Crippen LogP contribution in [0.1, 0.15) is 28.2 Å². The number of aromatic nitrogens is 4. The van der Waals surface area contributed by atoms with Crippen molar-refractivity contribution in [3.8, 4) is 5.69 Å². The summed E-state index contributed by atoms with van der Waals surface area (Å²) in [5.41, 5.74) is 12.4. The van der Waals surface area contributed by atoms with Gasteiger partial charge < -0.3 is 21.0 Å². The SMILES string of the molecule is Cc1cnc[nH]1.Cc1ncn(-c2cc(N)cc(C(F)(F)F)c2)c1C.I.II.I[I-]I.Nc1cc(Br)cc(C(F)(F)F)c1. The number of hydrogen-bond acceptors (Lipinski definition) is 4. The van der Waals surface area contributed by atoms with Gasteiger partial charge in [0, 0.05) is 76.4 Å². The Morgan fingerprint density at radius 2 is 1.33 bits per heavy atom. The number of anilines is 2. The molecule has 0 spiro atoms. The van der Waals surface area contributed by atoms with Crippen molar-refractivity contribution in [2.75, 3.05) is 11.5 Å². The van der Waals surface area contributed by atoms with E-state index in [4.69, 9.17) is 11.5 Å². The molecule has 6 nitrogen and oxygen atoms in total. The topological polar surface area (TPSA) is 98.5 Å². The molecule has 4 rings (SSSR count). The van der Waals surface area contributed by atoms with Gasteiger partial charge in [0.2, 0.25) is 0 Å². The summed E-state index contributed by atoms with van der Waals surface area (Å²) in [5.74, 6) is 0. The van der Waals surface area contributed by atoms with Gasteiger partial charge in [-0.3, -0.25) is 0 Å². The Morgan fingerprint density at radius 1 is 0.857 bits per heavy atom. The molecule has 0 fully saturated rings. The number of nitrogen functional groups attached to an aromatic ring is 2. The first-order chi connectivity index (χ1) is 19.0. The molecule has 0 unspecified atom stereocenters. The van der Waals surface area contributed by atoms with Gasteiger partial charge in [0.25, 0.3) is 0 Å². The Morgan fingerprint density at radius 3 is 1.67 bits per heavy atom. The number of benzene rings is 2. The van der Waals surface area contributed by atoms with Crippen LogP contribution in [0.2, 0.25) is 0 Å². The fourth-order valence-electron chi connectivity index (χ4n) is 2.80. The van der Waals surface area contributed by atoms with Crippen LogP contribution in [-0.4, -0.2) is 19.5 Å². The van der Waals surface area contributed by atoms with E-state index in [2.05, 4.69) is 105 Å². The number of H-pyrrole nitrogens is 1. The maximum Gasteiger partial charge on any atom is 0.416 e. The molecule has 0 saturated carbocycles. The number of nitrogens with zero attached hydrogens (tertiary/aromatic N) is 3. The molecule has 0 aliphatic rings. The molecule has 4 aromatic rings. The maximum absolute atomic E-state index is 12.7. The van der Waals surface area contributed by atoms with Gasteiger partial charge in [-0.1, -0.05) is 15.9 Å². The predicted molar refractivity (Wildman–Crippen MR) is 201 cm³/mol. The van der Waals surface area contributed by atoms with Crippen LogP contribution in [0.25, 0.3) is 5.69 Å². The van der Waals surface area contributed by atoms with Gasteiger partial charge in [-0.05, 0) is 57.2 Å². The van der Waals surface area contributed by atoms with E-state index in [9.17, 15) is 26.3 Å². The van der Waals surface area contributed by atoms with Gasteiger partial charge in [0.05, 0.1) is 29.5 Å². The molecule has 2 aromatic carbocycles. The summed E-state index contributed by atoms with van der Waals surface area (Å²) in [6.45, 7) is 5.55. The maximum atomic E-state index is 12.7. The van der Waals surface area contributed by atoms with Crippen molar-refractivity contribution in [3.63, 3.8) is 0 Å². The van der Waals surface area contributed by atoms with Crippen LogP contribution in [0, 0.1) is 20.8 Å².